The highest BCUT2D eigenvalue weighted by Gasteiger charge is 2.37. The van der Waals surface area contributed by atoms with Crippen molar-refractivity contribution < 1.29 is 4.52 Å². The number of rotatable bonds is 3. The van der Waals surface area contributed by atoms with Crippen LogP contribution in [-0.2, 0) is 10.8 Å². The molecule has 1 aliphatic rings. The number of benzene rings is 1. The molecule has 1 aliphatic heterocycles. The van der Waals surface area contributed by atoms with Crippen LogP contribution in [-0.4, -0.2) is 23.2 Å². The predicted octanol–water partition coefficient (Wildman–Crippen LogP) is 3.04. The van der Waals surface area contributed by atoms with E-state index >= 15 is 0 Å². The van der Waals surface area contributed by atoms with Gasteiger partial charge in [-0.25, -0.2) is 0 Å². The second-order valence-corrected chi connectivity index (χ2v) is 6.76. The lowest BCUT2D eigenvalue weighted by atomic mass is 9.82. The lowest BCUT2D eigenvalue weighted by Gasteiger charge is -2.30. The second-order valence-electron chi connectivity index (χ2n) is 6.76. The lowest BCUT2D eigenvalue weighted by molar-refractivity contribution is 0.244. The zero-order valence-electron chi connectivity index (χ0n) is 13.0. The molecule has 0 bridgehead atoms. The van der Waals surface area contributed by atoms with Crippen molar-refractivity contribution >= 4 is 0 Å². The molecule has 0 spiro atoms. The third kappa shape index (κ3) is 2.60. The maximum atomic E-state index is 5.61. The van der Waals surface area contributed by atoms with Gasteiger partial charge in [0.1, 0.15) is 0 Å². The summed E-state index contributed by atoms with van der Waals surface area (Å²) in [6.07, 6.45) is 2.24. The Balaban J connectivity index is 1.91. The molecule has 0 aliphatic carbocycles. The highest BCUT2D eigenvalue weighted by molar-refractivity contribution is 5.30. The molecule has 2 aromatic rings. The van der Waals surface area contributed by atoms with Crippen LogP contribution in [0.4, 0.5) is 0 Å². The lowest BCUT2D eigenvalue weighted by Crippen LogP contribution is -2.41. The predicted molar refractivity (Wildman–Crippen MR) is 82.3 cm³/mol. The Hall–Kier alpha value is -1.68. The summed E-state index contributed by atoms with van der Waals surface area (Å²) in [7, 11) is 0. The van der Waals surface area contributed by atoms with Crippen LogP contribution in [0.1, 0.15) is 50.9 Å². The van der Waals surface area contributed by atoms with E-state index in [9.17, 15) is 0 Å². The highest BCUT2D eigenvalue weighted by atomic mass is 16.5. The molecule has 21 heavy (non-hydrogen) atoms. The number of nitrogens with one attached hydrogen (secondary N) is 1. The van der Waals surface area contributed by atoms with Crippen molar-refractivity contribution in [1.82, 2.24) is 15.5 Å². The first-order chi connectivity index (χ1) is 10.0. The third-order valence-corrected chi connectivity index (χ3v) is 4.59. The van der Waals surface area contributed by atoms with Gasteiger partial charge in [0, 0.05) is 6.54 Å². The van der Waals surface area contributed by atoms with E-state index in [4.69, 9.17) is 9.51 Å². The van der Waals surface area contributed by atoms with Crippen LogP contribution in [0.25, 0.3) is 0 Å². The van der Waals surface area contributed by atoms with Crippen LogP contribution in [0.5, 0.6) is 0 Å². The average molecular weight is 285 g/mol. The number of piperidine rings is 1. The SMILES string of the molecule is CC1(c2nc(C(C)(C)c3ccccc3)no2)CCCNC1. The monoisotopic (exact) mass is 285 g/mol. The maximum absolute atomic E-state index is 5.61. The van der Waals surface area contributed by atoms with Crippen molar-refractivity contribution in [3.05, 3.63) is 47.6 Å². The zero-order valence-corrected chi connectivity index (χ0v) is 13.0. The van der Waals surface area contributed by atoms with E-state index in [0.717, 1.165) is 37.6 Å². The van der Waals surface area contributed by atoms with Gasteiger partial charge in [-0.2, -0.15) is 4.98 Å². The van der Waals surface area contributed by atoms with Crippen LogP contribution in [0.2, 0.25) is 0 Å². The van der Waals surface area contributed by atoms with E-state index < -0.39 is 0 Å². The Morgan fingerprint density at radius 2 is 2.00 bits per heavy atom. The van der Waals surface area contributed by atoms with Gasteiger partial charge in [-0.1, -0.05) is 35.5 Å². The number of hydrogen-bond donors (Lipinski definition) is 1. The summed E-state index contributed by atoms with van der Waals surface area (Å²) in [6.45, 7) is 8.45. The minimum absolute atomic E-state index is 0.0454. The fourth-order valence-electron chi connectivity index (χ4n) is 2.95. The molecule has 2 heterocycles. The summed E-state index contributed by atoms with van der Waals surface area (Å²) in [5.74, 6) is 1.52. The Labute approximate surface area is 126 Å². The van der Waals surface area contributed by atoms with E-state index in [1.54, 1.807) is 0 Å². The molecule has 3 rings (SSSR count). The fourth-order valence-corrected chi connectivity index (χ4v) is 2.95. The topological polar surface area (TPSA) is 51.0 Å². The minimum Gasteiger partial charge on any atom is -0.339 e. The van der Waals surface area contributed by atoms with Crippen molar-refractivity contribution in [2.45, 2.75) is 44.4 Å². The number of hydrogen-bond acceptors (Lipinski definition) is 4. The molecule has 1 N–H and O–H groups in total. The number of aromatic nitrogens is 2. The van der Waals surface area contributed by atoms with Crippen LogP contribution < -0.4 is 5.32 Å². The molecule has 1 atom stereocenters. The van der Waals surface area contributed by atoms with Crippen LogP contribution in [0.15, 0.2) is 34.9 Å². The van der Waals surface area contributed by atoms with Gasteiger partial charge in [0.05, 0.1) is 10.8 Å². The number of nitrogens with zero attached hydrogens (tertiary/aromatic N) is 2. The maximum Gasteiger partial charge on any atom is 0.233 e. The Kier molecular flexibility index (Phi) is 3.57. The van der Waals surface area contributed by atoms with Crippen molar-refractivity contribution in [3.63, 3.8) is 0 Å². The fraction of sp³-hybridized carbons (Fsp3) is 0.529. The summed E-state index contributed by atoms with van der Waals surface area (Å²) in [4.78, 5) is 4.74. The quantitative estimate of drug-likeness (QED) is 0.941. The van der Waals surface area contributed by atoms with Gasteiger partial charge in [-0.05, 0) is 45.7 Å². The Bertz CT molecular complexity index is 598. The average Bonchev–Trinajstić information content (AvgIpc) is 3.00. The van der Waals surface area contributed by atoms with E-state index in [1.165, 1.54) is 5.56 Å². The van der Waals surface area contributed by atoms with Crippen LogP contribution in [0.3, 0.4) is 0 Å². The molecule has 1 aromatic carbocycles. The molecule has 1 aromatic heterocycles. The van der Waals surface area contributed by atoms with E-state index in [1.807, 2.05) is 18.2 Å². The molecule has 4 heteroatoms. The molecule has 112 valence electrons. The largest absolute Gasteiger partial charge is 0.339 e. The van der Waals surface area contributed by atoms with E-state index in [-0.39, 0.29) is 10.8 Å². The van der Waals surface area contributed by atoms with Crippen molar-refractivity contribution in [3.8, 4) is 0 Å². The van der Waals surface area contributed by atoms with E-state index in [0.29, 0.717) is 0 Å². The van der Waals surface area contributed by atoms with Crippen molar-refractivity contribution in [1.29, 1.82) is 0 Å². The van der Waals surface area contributed by atoms with Gasteiger partial charge in [-0.15, -0.1) is 0 Å². The molecule has 1 fully saturated rings. The molecule has 0 amide bonds. The molecular weight excluding hydrogens is 262 g/mol. The van der Waals surface area contributed by atoms with E-state index in [2.05, 4.69) is 43.4 Å². The second kappa shape index (κ2) is 5.26. The summed E-state index contributed by atoms with van der Waals surface area (Å²) >= 11 is 0. The summed E-state index contributed by atoms with van der Waals surface area (Å²) in [6, 6.07) is 10.3. The van der Waals surface area contributed by atoms with Gasteiger partial charge in [0.2, 0.25) is 5.89 Å². The molecule has 0 radical (unpaired) electrons. The summed E-state index contributed by atoms with van der Waals surface area (Å²) in [5, 5.41) is 7.70. The molecule has 1 unspecified atom stereocenters. The standard InChI is InChI=1S/C17H23N3O/c1-16(2,13-8-5-4-6-9-13)14-19-15(21-20-14)17(3)10-7-11-18-12-17/h4-6,8-9,18H,7,10-12H2,1-3H3. The minimum atomic E-state index is -0.249. The molecule has 4 nitrogen and oxygen atoms in total. The summed E-state index contributed by atoms with van der Waals surface area (Å²) in [5.41, 5.74) is 0.904. The first-order valence-electron chi connectivity index (χ1n) is 7.63. The molecular formula is C17H23N3O. The molecule has 1 saturated heterocycles. The van der Waals surface area contributed by atoms with Gasteiger partial charge < -0.3 is 9.84 Å². The van der Waals surface area contributed by atoms with Crippen LogP contribution >= 0.6 is 0 Å². The van der Waals surface area contributed by atoms with Crippen LogP contribution in [0, 0.1) is 0 Å². The highest BCUT2D eigenvalue weighted by Crippen LogP contribution is 2.33. The normalized spacial score (nSPS) is 23.2. The van der Waals surface area contributed by atoms with Crippen molar-refractivity contribution in [2.75, 3.05) is 13.1 Å². The summed E-state index contributed by atoms with van der Waals surface area (Å²) < 4.78 is 5.61. The first-order valence-corrected chi connectivity index (χ1v) is 7.63. The Morgan fingerprint density at radius 1 is 1.24 bits per heavy atom. The molecule has 0 saturated carbocycles. The smallest absolute Gasteiger partial charge is 0.233 e. The van der Waals surface area contributed by atoms with Gasteiger partial charge >= 0.3 is 0 Å². The third-order valence-electron chi connectivity index (χ3n) is 4.59. The Morgan fingerprint density at radius 3 is 2.67 bits per heavy atom. The van der Waals surface area contributed by atoms with Gasteiger partial charge in [0.15, 0.2) is 5.82 Å². The first kappa shape index (κ1) is 14.3. The zero-order chi connectivity index (χ0) is 14.9. The van der Waals surface area contributed by atoms with Gasteiger partial charge in [0.25, 0.3) is 0 Å². The van der Waals surface area contributed by atoms with Crippen molar-refractivity contribution in [2.24, 2.45) is 0 Å². The van der Waals surface area contributed by atoms with Gasteiger partial charge in [-0.3, -0.25) is 0 Å².